The van der Waals surface area contributed by atoms with Crippen LogP contribution in [-0.2, 0) is 0 Å². The van der Waals surface area contributed by atoms with E-state index in [1.165, 1.54) is 0 Å². The predicted molar refractivity (Wildman–Crippen MR) is 71.6 cm³/mol. The zero-order valence-corrected chi connectivity index (χ0v) is 11.7. The average Bonchev–Trinajstić information content (AvgIpc) is 2.33. The van der Waals surface area contributed by atoms with Gasteiger partial charge in [-0.05, 0) is 37.4 Å². The molecule has 0 fully saturated rings. The van der Waals surface area contributed by atoms with Crippen molar-refractivity contribution in [3.8, 4) is 0 Å². The van der Waals surface area contributed by atoms with E-state index in [-0.39, 0.29) is 6.04 Å². The van der Waals surface area contributed by atoms with Crippen molar-refractivity contribution >= 4 is 0 Å². The highest BCUT2D eigenvalue weighted by molar-refractivity contribution is 5.28. The number of hydrogen-bond acceptors (Lipinski definition) is 1. The van der Waals surface area contributed by atoms with Crippen LogP contribution in [-0.4, -0.2) is 6.54 Å². The van der Waals surface area contributed by atoms with Gasteiger partial charge in [0, 0.05) is 17.7 Å². The number of halogens is 2. The van der Waals surface area contributed by atoms with Crippen LogP contribution in [0.4, 0.5) is 8.78 Å². The molecule has 1 aromatic rings. The smallest absolute Gasteiger partial charge is 0.130 e. The molecule has 0 amide bonds. The molecule has 1 rings (SSSR count). The maximum Gasteiger partial charge on any atom is 0.130 e. The Hall–Kier alpha value is -0.960. The van der Waals surface area contributed by atoms with E-state index in [4.69, 9.17) is 0 Å². The fourth-order valence-electron chi connectivity index (χ4n) is 2.08. The minimum atomic E-state index is -0.477. The van der Waals surface area contributed by atoms with E-state index >= 15 is 0 Å². The Morgan fingerprint density at radius 1 is 1.17 bits per heavy atom. The van der Waals surface area contributed by atoms with E-state index in [9.17, 15) is 8.78 Å². The molecule has 0 bridgehead atoms. The number of aryl methyl sites for hydroxylation is 1. The van der Waals surface area contributed by atoms with Crippen molar-refractivity contribution in [2.24, 2.45) is 5.92 Å². The van der Waals surface area contributed by atoms with Gasteiger partial charge in [0.25, 0.3) is 0 Å². The van der Waals surface area contributed by atoms with Crippen LogP contribution in [0.25, 0.3) is 0 Å². The van der Waals surface area contributed by atoms with Crippen LogP contribution in [0.2, 0.25) is 0 Å². The highest BCUT2D eigenvalue weighted by atomic mass is 19.1. The predicted octanol–water partition coefficient (Wildman–Crippen LogP) is 4.36. The monoisotopic (exact) mass is 255 g/mol. The summed E-state index contributed by atoms with van der Waals surface area (Å²) in [7, 11) is 0. The molecular formula is C15H23F2N. The van der Waals surface area contributed by atoms with Gasteiger partial charge in [-0.2, -0.15) is 0 Å². The second kappa shape index (κ2) is 6.83. The summed E-state index contributed by atoms with van der Waals surface area (Å²) in [5, 5.41) is 3.29. The Kier molecular flexibility index (Phi) is 5.73. The Morgan fingerprint density at radius 3 is 2.39 bits per heavy atom. The first-order valence-corrected chi connectivity index (χ1v) is 6.68. The third-order valence-electron chi connectivity index (χ3n) is 3.44. The molecule has 0 saturated heterocycles. The van der Waals surface area contributed by atoms with E-state index < -0.39 is 11.6 Å². The van der Waals surface area contributed by atoms with Gasteiger partial charge in [0.15, 0.2) is 0 Å². The SMILES string of the molecule is CCNC(CC(C)CC)c1cc(C)c(F)cc1F. The molecule has 1 N–H and O–H groups in total. The molecule has 1 aromatic carbocycles. The van der Waals surface area contributed by atoms with Crippen LogP contribution in [0.1, 0.15) is 50.8 Å². The van der Waals surface area contributed by atoms with E-state index in [2.05, 4.69) is 19.2 Å². The third kappa shape index (κ3) is 3.77. The van der Waals surface area contributed by atoms with E-state index in [1.807, 2.05) is 6.92 Å². The molecule has 2 atom stereocenters. The van der Waals surface area contributed by atoms with Gasteiger partial charge in [0.1, 0.15) is 11.6 Å². The summed E-state index contributed by atoms with van der Waals surface area (Å²) < 4.78 is 27.2. The molecule has 0 saturated carbocycles. The largest absolute Gasteiger partial charge is 0.310 e. The van der Waals surface area contributed by atoms with Gasteiger partial charge in [0.2, 0.25) is 0 Å². The van der Waals surface area contributed by atoms with Crippen molar-refractivity contribution in [1.29, 1.82) is 0 Å². The summed E-state index contributed by atoms with van der Waals surface area (Å²) >= 11 is 0. The van der Waals surface area contributed by atoms with Crippen molar-refractivity contribution < 1.29 is 8.78 Å². The summed E-state index contributed by atoms with van der Waals surface area (Å²) in [6, 6.07) is 2.58. The normalized spacial score (nSPS) is 14.6. The van der Waals surface area contributed by atoms with Crippen LogP contribution in [0.5, 0.6) is 0 Å². The third-order valence-corrected chi connectivity index (χ3v) is 3.44. The lowest BCUT2D eigenvalue weighted by Crippen LogP contribution is -2.24. The van der Waals surface area contributed by atoms with Crippen LogP contribution >= 0.6 is 0 Å². The van der Waals surface area contributed by atoms with Gasteiger partial charge in [-0.3, -0.25) is 0 Å². The lowest BCUT2D eigenvalue weighted by Gasteiger charge is -2.22. The van der Waals surface area contributed by atoms with E-state index in [0.29, 0.717) is 17.0 Å². The van der Waals surface area contributed by atoms with Crippen molar-refractivity contribution in [2.45, 2.75) is 46.6 Å². The summed E-state index contributed by atoms with van der Waals surface area (Å²) in [6.45, 7) is 8.72. The van der Waals surface area contributed by atoms with Crippen molar-refractivity contribution in [3.05, 3.63) is 34.9 Å². The van der Waals surface area contributed by atoms with Crippen molar-refractivity contribution in [1.82, 2.24) is 5.32 Å². The zero-order valence-electron chi connectivity index (χ0n) is 11.7. The maximum atomic E-state index is 13.9. The Balaban J connectivity index is 3.01. The van der Waals surface area contributed by atoms with Crippen LogP contribution in [0.3, 0.4) is 0 Å². The summed E-state index contributed by atoms with van der Waals surface area (Å²) in [5.74, 6) is -0.416. The number of nitrogens with one attached hydrogen (secondary N) is 1. The van der Waals surface area contributed by atoms with E-state index in [1.54, 1.807) is 13.0 Å². The van der Waals surface area contributed by atoms with Gasteiger partial charge in [-0.25, -0.2) is 8.78 Å². The molecule has 0 radical (unpaired) electrons. The van der Waals surface area contributed by atoms with Crippen molar-refractivity contribution in [3.63, 3.8) is 0 Å². The molecule has 3 heteroatoms. The lowest BCUT2D eigenvalue weighted by atomic mass is 9.93. The first kappa shape index (κ1) is 15.1. The Bertz CT molecular complexity index is 390. The molecule has 0 spiro atoms. The highest BCUT2D eigenvalue weighted by Gasteiger charge is 2.18. The second-order valence-corrected chi connectivity index (χ2v) is 4.98. The summed E-state index contributed by atoms with van der Waals surface area (Å²) in [6.07, 6.45) is 1.93. The Labute approximate surface area is 109 Å². The number of benzene rings is 1. The molecule has 0 aromatic heterocycles. The molecular weight excluding hydrogens is 232 g/mol. The average molecular weight is 255 g/mol. The van der Waals surface area contributed by atoms with Crippen LogP contribution in [0.15, 0.2) is 12.1 Å². The van der Waals surface area contributed by atoms with Gasteiger partial charge in [0.05, 0.1) is 0 Å². The summed E-state index contributed by atoms with van der Waals surface area (Å²) in [4.78, 5) is 0. The Morgan fingerprint density at radius 2 is 1.83 bits per heavy atom. The highest BCUT2D eigenvalue weighted by Crippen LogP contribution is 2.27. The molecule has 0 heterocycles. The van der Waals surface area contributed by atoms with Crippen molar-refractivity contribution in [2.75, 3.05) is 6.54 Å². The fourth-order valence-corrected chi connectivity index (χ4v) is 2.08. The van der Waals surface area contributed by atoms with Crippen LogP contribution < -0.4 is 5.32 Å². The molecule has 1 nitrogen and oxygen atoms in total. The van der Waals surface area contributed by atoms with Gasteiger partial charge < -0.3 is 5.32 Å². The van der Waals surface area contributed by atoms with Gasteiger partial charge in [-0.1, -0.05) is 27.2 Å². The molecule has 0 aliphatic rings. The molecule has 102 valence electrons. The standard InChI is InChI=1S/C15H23F2N/c1-5-10(3)7-15(18-6-2)12-8-11(4)13(16)9-14(12)17/h8-10,15,18H,5-7H2,1-4H3. The topological polar surface area (TPSA) is 12.0 Å². The second-order valence-electron chi connectivity index (χ2n) is 4.98. The minimum absolute atomic E-state index is 0.0377. The molecule has 18 heavy (non-hydrogen) atoms. The first-order valence-electron chi connectivity index (χ1n) is 6.68. The molecule has 0 aliphatic heterocycles. The first-order chi connectivity index (χ1) is 8.49. The van der Waals surface area contributed by atoms with Gasteiger partial charge in [-0.15, -0.1) is 0 Å². The summed E-state index contributed by atoms with van der Waals surface area (Å²) in [5.41, 5.74) is 1.08. The van der Waals surface area contributed by atoms with E-state index in [0.717, 1.165) is 25.5 Å². The zero-order chi connectivity index (χ0) is 13.7. The maximum absolute atomic E-state index is 13.9. The van der Waals surface area contributed by atoms with Gasteiger partial charge >= 0.3 is 0 Å². The fraction of sp³-hybridized carbons (Fsp3) is 0.600. The quantitative estimate of drug-likeness (QED) is 0.796. The van der Waals surface area contributed by atoms with Crippen LogP contribution in [0, 0.1) is 24.5 Å². The minimum Gasteiger partial charge on any atom is -0.310 e. The molecule has 0 aliphatic carbocycles. The molecule has 2 unspecified atom stereocenters. The number of rotatable bonds is 6. The number of hydrogen-bond donors (Lipinski definition) is 1. The lowest BCUT2D eigenvalue weighted by molar-refractivity contribution is 0.396.